The molecule has 1 aromatic heterocycles. The number of thiazole rings is 1. The van der Waals surface area contributed by atoms with E-state index in [1.807, 2.05) is 29.6 Å². The van der Waals surface area contributed by atoms with Gasteiger partial charge in [0.25, 0.3) is 5.91 Å². The van der Waals surface area contributed by atoms with Crippen LogP contribution in [0.4, 0.5) is 5.13 Å². The Labute approximate surface area is 216 Å². The Morgan fingerprint density at radius 1 is 1.06 bits per heavy atom. The van der Waals surface area contributed by atoms with Crippen LogP contribution in [0.2, 0.25) is 0 Å². The van der Waals surface area contributed by atoms with Crippen molar-refractivity contribution in [2.75, 3.05) is 18.4 Å². The van der Waals surface area contributed by atoms with Crippen LogP contribution in [0.15, 0.2) is 29.6 Å². The normalized spacial score (nSPS) is 23.3. The summed E-state index contributed by atoms with van der Waals surface area (Å²) in [7, 11) is 0. The molecule has 3 fully saturated rings. The van der Waals surface area contributed by atoms with Gasteiger partial charge in [-0.15, -0.1) is 11.3 Å². The summed E-state index contributed by atoms with van der Waals surface area (Å²) in [6.07, 6.45) is 7.64. The standard InChI is InChI=1S/C27H34N6O2S/c28-15-23(17-5-6-17)32-26(35)21-3-1-2-4-22(21)31-25(34)19-9-7-18(8-10-19)24-16-36-27(33-24)30-20-11-13-29-14-12-20/h7-10,16-17,20-23,29H,1-6,11-14H2,(H,30,33)(H,31,34)(H,32,35)/t21-,22+,23?/m1/s1. The maximum Gasteiger partial charge on any atom is 0.251 e. The van der Waals surface area contributed by atoms with Gasteiger partial charge in [0.15, 0.2) is 5.13 Å². The highest BCUT2D eigenvalue weighted by Crippen LogP contribution is 2.33. The number of nitrogens with one attached hydrogen (secondary N) is 4. The number of benzene rings is 1. The van der Waals surface area contributed by atoms with Gasteiger partial charge in [-0.3, -0.25) is 9.59 Å². The van der Waals surface area contributed by atoms with E-state index in [2.05, 4.69) is 27.3 Å². The smallest absolute Gasteiger partial charge is 0.251 e. The Balaban J connectivity index is 1.18. The summed E-state index contributed by atoms with van der Waals surface area (Å²) in [5, 5.41) is 25.3. The molecule has 8 nitrogen and oxygen atoms in total. The molecule has 9 heteroatoms. The van der Waals surface area contributed by atoms with Crippen molar-refractivity contribution in [3.8, 4) is 17.3 Å². The lowest BCUT2D eigenvalue weighted by Crippen LogP contribution is -2.50. The van der Waals surface area contributed by atoms with Gasteiger partial charge in [0.05, 0.1) is 17.7 Å². The molecule has 3 atom stereocenters. The van der Waals surface area contributed by atoms with Gasteiger partial charge in [-0.2, -0.15) is 5.26 Å². The Morgan fingerprint density at radius 2 is 1.81 bits per heavy atom. The number of amides is 2. The first-order valence-corrected chi connectivity index (χ1v) is 14.0. The Hall–Kier alpha value is -2.96. The molecule has 1 unspecified atom stereocenters. The van der Waals surface area contributed by atoms with Crippen molar-refractivity contribution in [2.24, 2.45) is 11.8 Å². The highest BCUT2D eigenvalue weighted by molar-refractivity contribution is 7.14. The average molecular weight is 507 g/mol. The summed E-state index contributed by atoms with van der Waals surface area (Å²) in [5.74, 6) is -0.288. The van der Waals surface area contributed by atoms with Crippen LogP contribution in [-0.4, -0.2) is 48.0 Å². The van der Waals surface area contributed by atoms with Gasteiger partial charge in [-0.1, -0.05) is 25.0 Å². The second kappa shape index (κ2) is 11.4. The summed E-state index contributed by atoms with van der Waals surface area (Å²) in [6, 6.07) is 9.55. The van der Waals surface area contributed by atoms with Crippen molar-refractivity contribution in [3.05, 3.63) is 35.2 Å². The molecule has 4 N–H and O–H groups in total. The van der Waals surface area contributed by atoms with Crippen LogP contribution in [-0.2, 0) is 4.79 Å². The molecule has 2 aliphatic carbocycles. The highest BCUT2D eigenvalue weighted by Gasteiger charge is 2.37. The monoisotopic (exact) mass is 506 g/mol. The fourth-order valence-electron chi connectivity index (χ4n) is 5.22. The van der Waals surface area contributed by atoms with Crippen LogP contribution in [0.25, 0.3) is 11.3 Å². The average Bonchev–Trinajstić information content (AvgIpc) is 3.66. The Morgan fingerprint density at radius 3 is 2.53 bits per heavy atom. The molecule has 1 aromatic carbocycles. The van der Waals surface area contributed by atoms with Gasteiger partial charge >= 0.3 is 0 Å². The van der Waals surface area contributed by atoms with Gasteiger partial charge in [0.1, 0.15) is 6.04 Å². The van der Waals surface area contributed by atoms with Crippen molar-refractivity contribution in [1.82, 2.24) is 20.9 Å². The molecule has 1 saturated heterocycles. The number of nitriles is 1. The molecule has 190 valence electrons. The maximum atomic E-state index is 13.0. The van der Waals surface area contributed by atoms with Crippen molar-refractivity contribution in [1.29, 1.82) is 5.26 Å². The predicted molar refractivity (Wildman–Crippen MR) is 141 cm³/mol. The first kappa shape index (κ1) is 24.7. The third-order valence-electron chi connectivity index (χ3n) is 7.56. The van der Waals surface area contributed by atoms with Crippen LogP contribution in [0.1, 0.15) is 61.7 Å². The van der Waals surface area contributed by atoms with Crippen molar-refractivity contribution < 1.29 is 9.59 Å². The fraction of sp³-hybridized carbons (Fsp3) is 0.556. The number of aromatic nitrogens is 1. The lowest BCUT2D eigenvalue weighted by atomic mass is 9.83. The molecule has 36 heavy (non-hydrogen) atoms. The van der Waals surface area contributed by atoms with Crippen LogP contribution in [0.3, 0.4) is 0 Å². The van der Waals surface area contributed by atoms with E-state index in [1.54, 1.807) is 11.3 Å². The summed E-state index contributed by atoms with van der Waals surface area (Å²) < 4.78 is 0. The van der Waals surface area contributed by atoms with Crippen molar-refractivity contribution >= 4 is 28.3 Å². The number of carbonyl (C=O) groups is 2. The zero-order valence-electron chi connectivity index (χ0n) is 20.5. The van der Waals surface area contributed by atoms with E-state index in [9.17, 15) is 14.9 Å². The molecule has 2 aromatic rings. The molecular weight excluding hydrogens is 472 g/mol. The lowest BCUT2D eigenvalue weighted by Gasteiger charge is -2.31. The Bertz CT molecular complexity index is 1100. The predicted octanol–water partition coefficient (Wildman–Crippen LogP) is 3.68. The van der Waals surface area contributed by atoms with Crippen LogP contribution < -0.4 is 21.3 Å². The second-order valence-corrected chi connectivity index (χ2v) is 11.1. The third kappa shape index (κ3) is 6.05. The lowest BCUT2D eigenvalue weighted by molar-refractivity contribution is -0.127. The minimum absolute atomic E-state index is 0.105. The number of hydrogen-bond donors (Lipinski definition) is 4. The summed E-state index contributed by atoms with van der Waals surface area (Å²) >= 11 is 1.61. The second-order valence-electron chi connectivity index (χ2n) is 10.2. The van der Waals surface area contributed by atoms with Gasteiger partial charge in [0, 0.05) is 28.6 Å². The molecular formula is C27H34N6O2S. The number of rotatable bonds is 8. The van der Waals surface area contributed by atoms with Gasteiger partial charge in [0.2, 0.25) is 5.91 Å². The summed E-state index contributed by atoms with van der Waals surface area (Å²) in [4.78, 5) is 30.7. The van der Waals surface area contributed by atoms with E-state index in [0.29, 0.717) is 11.6 Å². The summed E-state index contributed by atoms with van der Waals surface area (Å²) in [6.45, 7) is 2.07. The van der Waals surface area contributed by atoms with Crippen LogP contribution in [0.5, 0.6) is 0 Å². The molecule has 0 bridgehead atoms. The molecule has 2 heterocycles. The first-order valence-electron chi connectivity index (χ1n) is 13.1. The zero-order chi connectivity index (χ0) is 24.9. The van der Waals surface area contributed by atoms with Crippen molar-refractivity contribution in [3.63, 3.8) is 0 Å². The molecule has 1 aliphatic heterocycles. The molecule has 3 aliphatic rings. The third-order valence-corrected chi connectivity index (χ3v) is 8.34. The highest BCUT2D eigenvalue weighted by atomic mass is 32.1. The molecule has 2 amide bonds. The van der Waals surface area contributed by atoms with Gasteiger partial charge in [-0.25, -0.2) is 4.98 Å². The zero-order valence-corrected chi connectivity index (χ0v) is 21.3. The molecule has 0 radical (unpaired) electrons. The van der Waals surface area contributed by atoms with Crippen LogP contribution in [0, 0.1) is 23.2 Å². The number of nitrogens with zero attached hydrogens (tertiary/aromatic N) is 2. The van der Waals surface area contributed by atoms with Crippen LogP contribution >= 0.6 is 11.3 Å². The van der Waals surface area contributed by atoms with E-state index in [1.165, 1.54) is 0 Å². The fourth-order valence-corrected chi connectivity index (χ4v) is 6.02. The number of piperidine rings is 1. The number of carbonyl (C=O) groups excluding carboxylic acids is 2. The minimum atomic E-state index is -0.413. The quantitative estimate of drug-likeness (QED) is 0.434. The molecule has 2 saturated carbocycles. The van der Waals surface area contributed by atoms with E-state index >= 15 is 0 Å². The van der Waals surface area contributed by atoms with E-state index in [4.69, 9.17) is 4.98 Å². The van der Waals surface area contributed by atoms with E-state index in [0.717, 1.165) is 80.8 Å². The van der Waals surface area contributed by atoms with Crippen molar-refractivity contribution in [2.45, 2.75) is 69.5 Å². The minimum Gasteiger partial charge on any atom is -0.359 e. The maximum absolute atomic E-state index is 13.0. The largest absolute Gasteiger partial charge is 0.359 e. The summed E-state index contributed by atoms with van der Waals surface area (Å²) in [5.41, 5.74) is 2.44. The molecule has 0 spiro atoms. The van der Waals surface area contributed by atoms with Gasteiger partial charge in [-0.05, 0) is 69.7 Å². The van der Waals surface area contributed by atoms with E-state index < -0.39 is 6.04 Å². The Kier molecular flexibility index (Phi) is 7.83. The SMILES string of the molecule is N#CC(NC(=O)[C@@H]1CCCC[C@@H]1NC(=O)c1ccc(-c2csc(NC3CCNCC3)n2)cc1)C1CC1. The number of anilines is 1. The molecule has 5 rings (SSSR count). The topological polar surface area (TPSA) is 119 Å². The first-order chi connectivity index (χ1) is 17.6. The number of hydrogen-bond acceptors (Lipinski definition) is 7. The van der Waals surface area contributed by atoms with Gasteiger partial charge < -0.3 is 21.3 Å². The van der Waals surface area contributed by atoms with E-state index in [-0.39, 0.29) is 29.7 Å².